The zero-order valence-electron chi connectivity index (χ0n) is 13.8. The monoisotopic (exact) mass is 366 g/mol. The molecule has 0 bridgehead atoms. The fourth-order valence-corrected chi connectivity index (χ4v) is 1.94. The Kier molecular flexibility index (Phi) is 7.97. The molecule has 0 aromatic heterocycles. The van der Waals surface area contributed by atoms with Crippen LogP contribution >= 0.6 is 0 Å². The van der Waals surface area contributed by atoms with E-state index >= 15 is 0 Å². The van der Waals surface area contributed by atoms with Crippen LogP contribution in [0.4, 0.5) is 0 Å². The molecule has 0 aromatic carbocycles. The van der Waals surface area contributed by atoms with Crippen molar-refractivity contribution in [2.45, 2.75) is 24.6 Å². The van der Waals surface area contributed by atoms with Gasteiger partial charge in [-0.1, -0.05) is 26.3 Å². The number of carbonyl (C=O) groups is 4. The van der Waals surface area contributed by atoms with Gasteiger partial charge >= 0.3 is 23.9 Å². The van der Waals surface area contributed by atoms with Gasteiger partial charge in [-0.15, -0.1) is 0 Å². The van der Waals surface area contributed by atoms with Crippen LogP contribution in [-0.2, 0) is 42.9 Å². The third-order valence-corrected chi connectivity index (χ3v) is 3.05. The van der Waals surface area contributed by atoms with Crippen molar-refractivity contribution in [3.8, 4) is 0 Å². The first-order valence-electron chi connectivity index (χ1n) is 7.30. The molecule has 0 aliphatic carbocycles. The van der Waals surface area contributed by atoms with Gasteiger partial charge in [0.25, 0.3) is 0 Å². The first kappa shape index (κ1) is 20.8. The van der Waals surface area contributed by atoms with Gasteiger partial charge in [0.2, 0.25) is 12.4 Å². The van der Waals surface area contributed by atoms with Crippen LogP contribution in [0.3, 0.4) is 0 Å². The molecule has 0 radical (unpaired) electrons. The molecule has 0 aromatic rings. The molecule has 1 fully saturated rings. The maximum atomic E-state index is 11.6. The summed E-state index contributed by atoms with van der Waals surface area (Å²) in [5.41, 5.74) is 0. The Morgan fingerprint density at radius 2 is 1.12 bits per heavy atom. The van der Waals surface area contributed by atoms with Crippen molar-refractivity contribution in [1.29, 1.82) is 0 Å². The number of hydrogen-bond donors (Lipinski definition) is 0. The van der Waals surface area contributed by atoms with Crippen molar-refractivity contribution in [1.82, 2.24) is 0 Å². The number of esters is 4. The zero-order valence-corrected chi connectivity index (χ0v) is 13.8. The van der Waals surface area contributed by atoms with Crippen LogP contribution in [-0.4, -0.2) is 55.1 Å². The van der Waals surface area contributed by atoms with Crippen LogP contribution in [0.5, 0.6) is 0 Å². The minimum atomic E-state index is -1.44. The lowest BCUT2D eigenvalue weighted by Crippen LogP contribution is -2.58. The number of rotatable bonds is 8. The predicted molar refractivity (Wildman–Crippen MR) is 86.3 cm³/mol. The Balaban J connectivity index is 3.18. The van der Waals surface area contributed by atoms with Crippen molar-refractivity contribution in [2.24, 2.45) is 0 Å². The van der Waals surface area contributed by atoms with Crippen molar-refractivity contribution < 1.29 is 42.9 Å². The molecule has 1 aliphatic rings. The Morgan fingerprint density at radius 3 is 1.62 bits per heavy atom. The van der Waals surface area contributed by atoms with Crippen LogP contribution < -0.4 is 0 Å². The smallest absolute Gasteiger partial charge is 0.332 e. The molecule has 1 aliphatic heterocycles. The number of carbonyl (C=O) groups excluding carboxylic acids is 4. The zero-order chi connectivity index (χ0) is 19.7. The van der Waals surface area contributed by atoms with Crippen LogP contribution in [0.2, 0.25) is 0 Å². The third-order valence-electron chi connectivity index (χ3n) is 3.05. The Morgan fingerprint density at radius 1 is 0.692 bits per heavy atom. The van der Waals surface area contributed by atoms with Crippen molar-refractivity contribution in [3.05, 3.63) is 50.6 Å². The Bertz CT molecular complexity index is 568. The number of ether oxygens (including phenoxy) is 5. The van der Waals surface area contributed by atoms with Gasteiger partial charge in [0.15, 0.2) is 12.2 Å². The molecule has 9 nitrogen and oxygen atoms in total. The molecule has 1 unspecified atom stereocenters. The maximum absolute atomic E-state index is 11.6. The van der Waals surface area contributed by atoms with Gasteiger partial charge in [0, 0.05) is 24.3 Å². The van der Waals surface area contributed by atoms with Gasteiger partial charge in [0.05, 0.1) is 6.61 Å². The topological polar surface area (TPSA) is 114 Å². The molecular formula is C17H18O9. The van der Waals surface area contributed by atoms with Crippen molar-refractivity contribution in [3.63, 3.8) is 0 Å². The largest absolute Gasteiger partial charge is 0.453 e. The first-order chi connectivity index (χ1) is 12.4. The molecule has 1 saturated heterocycles. The summed E-state index contributed by atoms with van der Waals surface area (Å²) < 4.78 is 25.5. The lowest BCUT2D eigenvalue weighted by atomic mass is 10.0. The van der Waals surface area contributed by atoms with E-state index in [0.717, 1.165) is 24.3 Å². The average Bonchev–Trinajstić information content (AvgIpc) is 2.65. The van der Waals surface area contributed by atoms with E-state index in [9.17, 15) is 19.2 Å². The second-order valence-corrected chi connectivity index (χ2v) is 4.73. The fraction of sp³-hybridized carbons (Fsp3) is 0.294. The average molecular weight is 366 g/mol. The van der Waals surface area contributed by atoms with Crippen LogP contribution in [0.15, 0.2) is 50.6 Å². The van der Waals surface area contributed by atoms with E-state index < -0.39 is 48.5 Å². The maximum Gasteiger partial charge on any atom is 0.332 e. The molecule has 9 heteroatoms. The molecule has 140 valence electrons. The van der Waals surface area contributed by atoms with Crippen molar-refractivity contribution in [2.75, 3.05) is 6.61 Å². The van der Waals surface area contributed by atoms with Gasteiger partial charge in [0.1, 0.15) is 0 Å². The highest BCUT2D eigenvalue weighted by molar-refractivity contribution is 5.83. The van der Waals surface area contributed by atoms with E-state index in [0.29, 0.717) is 0 Å². The summed E-state index contributed by atoms with van der Waals surface area (Å²) in [7, 11) is 0. The van der Waals surface area contributed by atoms with Gasteiger partial charge in [-0.05, 0) is 0 Å². The SMILES string of the molecule is C=CC(=O)OC1OC[C@@H](OC(=O)C=C)[C@@H](OC(=O)C=C)[C@@H]1OC(=O)C=C. The summed E-state index contributed by atoms with van der Waals surface area (Å²) >= 11 is 0. The highest BCUT2D eigenvalue weighted by Gasteiger charge is 2.48. The molecule has 4 atom stereocenters. The molecule has 0 spiro atoms. The minimum absolute atomic E-state index is 0.314. The van der Waals surface area contributed by atoms with Gasteiger partial charge < -0.3 is 23.7 Å². The first-order valence-corrected chi connectivity index (χ1v) is 7.30. The predicted octanol–water partition coefficient (Wildman–Crippen LogP) is 0.365. The Hall–Kier alpha value is -3.20. The standard InChI is InChI=1S/C17H18O9/c1-5-11(18)23-10-9-22-17(26-14(21)8-4)16(25-13(20)7-3)15(10)24-12(19)6-2/h5-8,10,15-17H,1-4,9H2/t10-,15-,16+,17?/m1/s1. The van der Waals surface area contributed by atoms with E-state index in [4.69, 9.17) is 23.7 Å². The fourth-order valence-electron chi connectivity index (χ4n) is 1.94. The van der Waals surface area contributed by atoms with Gasteiger partial charge in [-0.25, -0.2) is 19.2 Å². The highest BCUT2D eigenvalue weighted by atomic mass is 16.7. The summed E-state index contributed by atoms with van der Waals surface area (Å²) in [5.74, 6) is -3.49. The summed E-state index contributed by atoms with van der Waals surface area (Å²) in [5, 5.41) is 0. The second-order valence-electron chi connectivity index (χ2n) is 4.73. The highest BCUT2D eigenvalue weighted by Crippen LogP contribution is 2.25. The molecular weight excluding hydrogens is 348 g/mol. The van der Waals surface area contributed by atoms with E-state index in [1.54, 1.807) is 0 Å². The van der Waals surface area contributed by atoms with Crippen LogP contribution in [0.25, 0.3) is 0 Å². The van der Waals surface area contributed by atoms with Gasteiger partial charge in [-0.3, -0.25) is 0 Å². The molecule has 0 saturated carbocycles. The molecule has 0 amide bonds. The van der Waals surface area contributed by atoms with E-state index in [-0.39, 0.29) is 6.61 Å². The summed E-state index contributed by atoms with van der Waals surface area (Å²) in [6.45, 7) is 12.7. The van der Waals surface area contributed by atoms with Crippen LogP contribution in [0, 0.1) is 0 Å². The molecule has 1 rings (SSSR count). The lowest BCUT2D eigenvalue weighted by Gasteiger charge is -2.39. The molecule has 0 N–H and O–H groups in total. The number of hydrogen-bond acceptors (Lipinski definition) is 9. The van der Waals surface area contributed by atoms with Gasteiger partial charge in [-0.2, -0.15) is 0 Å². The molecule has 26 heavy (non-hydrogen) atoms. The minimum Gasteiger partial charge on any atom is -0.453 e. The van der Waals surface area contributed by atoms with Crippen LogP contribution in [0.1, 0.15) is 0 Å². The summed E-state index contributed by atoms with van der Waals surface area (Å²) in [4.78, 5) is 46.2. The van der Waals surface area contributed by atoms with E-state index in [1.807, 2.05) is 0 Å². The van der Waals surface area contributed by atoms with E-state index in [2.05, 4.69) is 26.3 Å². The molecule has 1 heterocycles. The van der Waals surface area contributed by atoms with Crippen molar-refractivity contribution >= 4 is 23.9 Å². The lowest BCUT2D eigenvalue weighted by molar-refractivity contribution is -0.271. The Labute approximate surface area is 149 Å². The van der Waals surface area contributed by atoms with E-state index in [1.165, 1.54) is 0 Å². The summed E-state index contributed by atoms with van der Waals surface area (Å²) in [6.07, 6.45) is -1.92. The normalized spacial score (nSPS) is 24.3. The summed E-state index contributed by atoms with van der Waals surface area (Å²) in [6, 6.07) is 0. The quantitative estimate of drug-likeness (QED) is 0.341. The second kappa shape index (κ2) is 9.94. The third kappa shape index (κ3) is 5.71.